The summed E-state index contributed by atoms with van der Waals surface area (Å²) in [5, 5.41) is 14.0. The van der Waals surface area contributed by atoms with Gasteiger partial charge in [0.05, 0.1) is 4.92 Å². The largest absolute Gasteiger partial charge is 0.367 e. The van der Waals surface area contributed by atoms with Crippen molar-refractivity contribution in [3.8, 4) is 0 Å². The van der Waals surface area contributed by atoms with E-state index in [1.165, 1.54) is 6.33 Å². The van der Waals surface area contributed by atoms with Crippen molar-refractivity contribution in [3.05, 3.63) is 16.4 Å². The van der Waals surface area contributed by atoms with Crippen LogP contribution in [0.5, 0.6) is 0 Å². The zero-order valence-corrected chi connectivity index (χ0v) is 11.5. The molecule has 7 heteroatoms. The van der Waals surface area contributed by atoms with Gasteiger partial charge in [-0.3, -0.25) is 10.1 Å². The SMILES string of the molecule is CNc1ncnc(N2CCC(C(C)C)C2)c1[N+](=O)[O-]. The Bertz CT molecular complexity index is 477. The molecule has 2 heterocycles. The lowest BCUT2D eigenvalue weighted by Gasteiger charge is -2.19. The van der Waals surface area contributed by atoms with Crippen LogP contribution in [0, 0.1) is 22.0 Å². The highest BCUT2D eigenvalue weighted by molar-refractivity contribution is 5.70. The van der Waals surface area contributed by atoms with Crippen LogP contribution >= 0.6 is 0 Å². The van der Waals surface area contributed by atoms with Crippen LogP contribution in [0.25, 0.3) is 0 Å². The fourth-order valence-corrected chi connectivity index (χ4v) is 2.48. The third-order valence-electron chi connectivity index (χ3n) is 3.69. The highest BCUT2D eigenvalue weighted by Crippen LogP contribution is 2.35. The Balaban J connectivity index is 2.33. The average Bonchev–Trinajstić information content (AvgIpc) is 2.87. The Kier molecular flexibility index (Phi) is 3.82. The monoisotopic (exact) mass is 265 g/mol. The van der Waals surface area contributed by atoms with E-state index in [-0.39, 0.29) is 11.5 Å². The lowest BCUT2D eigenvalue weighted by Crippen LogP contribution is -2.23. The van der Waals surface area contributed by atoms with E-state index in [0.717, 1.165) is 19.5 Å². The Labute approximate surface area is 112 Å². The van der Waals surface area contributed by atoms with E-state index in [4.69, 9.17) is 0 Å². The first kappa shape index (κ1) is 13.5. The fourth-order valence-electron chi connectivity index (χ4n) is 2.48. The maximum absolute atomic E-state index is 11.2. The molecule has 0 spiro atoms. The minimum atomic E-state index is -0.413. The van der Waals surface area contributed by atoms with Crippen molar-refractivity contribution in [2.24, 2.45) is 11.8 Å². The predicted molar refractivity (Wildman–Crippen MR) is 73.4 cm³/mol. The van der Waals surface area contributed by atoms with Gasteiger partial charge in [0.1, 0.15) is 6.33 Å². The Morgan fingerprint density at radius 2 is 2.26 bits per heavy atom. The number of nitrogens with zero attached hydrogens (tertiary/aromatic N) is 4. The van der Waals surface area contributed by atoms with Crippen LogP contribution in [0.4, 0.5) is 17.3 Å². The Hall–Kier alpha value is -1.92. The molecule has 1 N–H and O–H groups in total. The van der Waals surface area contributed by atoms with Crippen LogP contribution in [0.15, 0.2) is 6.33 Å². The number of anilines is 2. The number of aromatic nitrogens is 2. The Morgan fingerprint density at radius 3 is 2.79 bits per heavy atom. The van der Waals surface area contributed by atoms with Gasteiger partial charge in [-0.1, -0.05) is 13.8 Å². The summed E-state index contributed by atoms with van der Waals surface area (Å²) in [6.45, 7) is 5.99. The molecule has 1 fully saturated rings. The molecule has 2 rings (SSSR count). The number of hydrogen-bond acceptors (Lipinski definition) is 6. The molecule has 1 atom stereocenters. The topological polar surface area (TPSA) is 84.2 Å². The van der Waals surface area contributed by atoms with Crippen molar-refractivity contribution < 1.29 is 4.92 Å². The molecule has 0 radical (unpaired) electrons. The van der Waals surface area contributed by atoms with Gasteiger partial charge in [-0.25, -0.2) is 9.97 Å². The minimum absolute atomic E-state index is 0.0330. The van der Waals surface area contributed by atoms with Gasteiger partial charge >= 0.3 is 5.69 Å². The molecule has 0 aromatic carbocycles. The number of nitro groups is 1. The molecule has 104 valence electrons. The molecule has 1 unspecified atom stereocenters. The van der Waals surface area contributed by atoms with Crippen molar-refractivity contribution in [1.29, 1.82) is 0 Å². The molecule has 0 aliphatic carbocycles. The van der Waals surface area contributed by atoms with Crippen LogP contribution in [-0.4, -0.2) is 35.0 Å². The minimum Gasteiger partial charge on any atom is -0.367 e. The zero-order chi connectivity index (χ0) is 14.0. The van der Waals surface area contributed by atoms with Gasteiger partial charge in [-0.2, -0.15) is 0 Å². The quantitative estimate of drug-likeness (QED) is 0.661. The summed E-state index contributed by atoms with van der Waals surface area (Å²) in [7, 11) is 1.63. The van der Waals surface area contributed by atoms with E-state index in [2.05, 4.69) is 29.1 Å². The summed E-state index contributed by atoms with van der Waals surface area (Å²) in [6, 6.07) is 0. The summed E-state index contributed by atoms with van der Waals surface area (Å²) in [4.78, 5) is 20.8. The smallest absolute Gasteiger partial charge is 0.353 e. The third kappa shape index (κ3) is 2.59. The van der Waals surface area contributed by atoms with E-state index in [1.807, 2.05) is 4.90 Å². The summed E-state index contributed by atoms with van der Waals surface area (Å²) in [5.41, 5.74) is -0.0330. The molecule has 0 amide bonds. The first-order valence-corrected chi connectivity index (χ1v) is 6.46. The molecular weight excluding hydrogens is 246 g/mol. The highest BCUT2D eigenvalue weighted by Gasteiger charge is 2.32. The number of hydrogen-bond donors (Lipinski definition) is 1. The predicted octanol–water partition coefficient (Wildman–Crippen LogP) is 1.91. The zero-order valence-electron chi connectivity index (χ0n) is 11.5. The molecule has 1 saturated heterocycles. The van der Waals surface area contributed by atoms with Gasteiger partial charge in [0, 0.05) is 20.1 Å². The number of nitrogens with one attached hydrogen (secondary N) is 1. The van der Waals surface area contributed by atoms with Gasteiger partial charge in [-0.15, -0.1) is 0 Å². The van der Waals surface area contributed by atoms with E-state index in [9.17, 15) is 10.1 Å². The summed E-state index contributed by atoms with van der Waals surface area (Å²) < 4.78 is 0. The van der Waals surface area contributed by atoms with Crippen molar-refractivity contribution in [3.63, 3.8) is 0 Å². The summed E-state index contributed by atoms with van der Waals surface area (Å²) in [6.07, 6.45) is 2.42. The van der Waals surface area contributed by atoms with E-state index in [0.29, 0.717) is 17.7 Å². The van der Waals surface area contributed by atoms with Gasteiger partial charge in [0.15, 0.2) is 0 Å². The van der Waals surface area contributed by atoms with Crippen molar-refractivity contribution >= 4 is 17.3 Å². The second-order valence-corrected chi connectivity index (χ2v) is 5.14. The van der Waals surface area contributed by atoms with Gasteiger partial charge in [0.25, 0.3) is 0 Å². The van der Waals surface area contributed by atoms with Crippen LogP contribution < -0.4 is 10.2 Å². The lowest BCUT2D eigenvalue weighted by molar-refractivity contribution is -0.383. The molecule has 1 aliphatic rings. The standard InChI is InChI=1S/C12H19N5O2/c1-8(2)9-4-5-16(6-9)12-10(17(18)19)11(13-3)14-7-15-12/h7-9H,4-6H2,1-3H3,(H,13,14,15). The summed E-state index contributed by atoms with van der Waals surface area (Å²) >= 11 is 0. The molecule has 0 bridgehead atoms. The van der Waals surface area contributed by atoms with E-state index in [1.54, 1.807) is 7.05 Å². The maximum atomic E-state index is 11.2. The third-order valence-corrected chi connectivity index (χ3v) is 3.69. The Morgan fingerprint density at radius 1 is 1.53 bits per heavy atom. The normalized spacial score (nSPS) is 18.9. The molecular formula is C12H19N5O2. The van der Waals surface area contributed by atoms with E-state index < -0.39 is 4.92 Å². The molecule has 1 aromatic rings. The molecule has 1 aromatic heterocycles. The van der Waals surface area contributed by atoms with Gasteiger partial charge in [-0.05, 0) is 18.3 Å². The summed E-state index contributed by atoms with van der Waals surface area (Å²) in [5.74, 6) is 1.83. The molecule has 7 nitrogen and oxygen atoms in total. The first-order valence-electron chi connectivity index (χ1n) is 6.46. The average molecular weight is 265 g/mol. The van der Waals surface area contributed by atoms with Crippen LogP contribution in [-0.2, 0) is 0 Å². The van der Waals surface area contributed by atoms with Crippen LogP contribution in [0.3, 0.4) is 0 Å². The van der Waals surface area contributed by atoms with Crippen molar-refractivity contribution in [2.75, 3.05) is 30.4 Å². The van der Waals surface area contributed by atoms with Gasteiger partial charge < -0.3 is 10.2 Å². The van der Waals surface area contributed by atoms with E-state index >= 15 is 0 Å². The van der Waals surface area contributed by atoms with Crippen molar-refractivity contribution in [2.45, 2.75) is 20.3 Å². The molecule has 19 heavy (non-hydrogen) atoms. The lowest BCUT2D eigenvalue weighted by atomic mass is 9.95. The molecule has 1 aliphatic heterocycles. The number of rotatable bonds is 4. The fraction of sp³-hybridized carbons (Fsp3) is 0.667. The maximum Gasteiger partial charge on any atom is 0.353 e. The van der Waals surface area contributed by atoms with Gasteiger partial charge in [0.2, 0.25) is 11.6 Å². The highest BCUT2D eigenvalue weighted by atomic mass is 16.6. The second-order valence-electron chi connectivity index (χ2n) is 5.14. The van der Waals surface area contributed by atoms with Crippen molar-refractivity contribution in [1.82, 2.24) is 9.97 Å². The first-order chi connectivity index (χ1) is 9.04. The molecule has 0 saturated carbocycles. The van der Waals surface area contributed by atoms with Crippen LogP contribution in [0.2, 0.25) is 0 Å². The van der Waals surface area contributed by atoms with Crippen LogP contribution in [0.1, 0.15) is 20.3 Å². The second kappa shape index (κ2) is 5.38.